The summed E-state index contributed by atoms with van der Waals surface area (Å²) >= 11 is 0. The molecule has 132 valence electrons. The average molecular weight is 329 g/mol. The molecule has 1 heterocycles. The van der Waals surface area contributed by atoms with E-state index in [-0.39, 0.29) is 5.92 Å². The van der Waals surface area contributed by atoms with Crippen LogP contribution in [0.5, 0.6) is 0 Å². The summed E-state index contributed by atoms with van der Waals surface area (Å²) in [4.78, 5) is 37.3. The standard InChI is InChI=1S/C15H27N3O5/c1-4-8(2)12(15(22)23)17-13(20)10-6-5-7-18(10)14(21)11(16)9(3)19/h8-12,19H,4-7,16H2,1-3H3,(H,17,20)(H,22,23)/t8-,9+,10-,11-,12-/m0/s1. The SMILES string of the molecule is CC[C@H](C)[C@H](NC(=O)[C@@H]1CCCN1C(=O)[C@@H](N)[C@@H](C)O)C(=O)O. The Kier molecular flexibility index (Phi) is 6.96. The van der Waals surface area contributed by atoms with Crippen LogP contribution in [-0.4, -0.2) is 63.7 Å². The monoisotopic (exact) mass is 329 g/mol. The Bertz CT molecular complexity index is 454. The molecule has 1 aliphatic heterocycles. The van der Waals surface area contributed by atoms with E-state index in [9.17, 15) is 24.6 Å². The number of carboxylic acids is 1. The van der Waals surface area contributed by atoms with E-state index < -0.39 is 42.0 Å². The lowest BCUT2D eigenvalue weighted by atomic mass is 9.98. The lowest BCUT2D eigenvalue weighted by Gasteiger charge is -2.29. The van der Waals surface area contributed by atoms with Crippen LogP contribution >= 0.6 is 0 Å². The molecule has 8 nitrogen and oxygen atoms in total. The smallest absolute Gasteiger partial charge is 0.326 e. The molecular formula is C15H27N3O5. The predicted molar refractivity (Wildman–Crippen MR) is 83.4 cm³/mol. The van der Waals surface area contributed by atoms with Crippen LogP contribution in [0.4, 0.5) is 0 Å². The van der Waals surface area contributed by atoms with Gasteiger partial charge in [0.05, 0.1) is 6.10 Å². The lowest BCUT2D eigenvalue weighted by molar-refractivity contribution is -0.145. The van der Waals surface area contributed by atoms with E-state index in [1.807, 2.05) is 6.92 Å². The number of aliphatic carboxylic acids is 1. The predicted octanol–water partition coefficient (Wildman–Crippen LogP) is -0.699. The van der Waals surface area contributed by atoms with E-state index in [1.54, 1.807) is 6.92 Å². The van der Waals surface area contributed by atoms with Crippen molar-refractivity contribution in [2.24, 2.45) is 11.7 Å². The molecule has 0 aromatic heterocycles. The van der Waals surface area contributed by atoms with E-state index in [0.717, 1.165) is 0 Å². The molecule has 5 atom stereocenters. The molecule has 0 unspecified atom stereocenters. The first-order chi connectivity index (χ1) is 10.7. The minimum Gasteiger partial charge on any atom is -0.480 e. The second-order valence-corrected chi connectivity index (χ2v) is 6.17. The van der Waals surface area contributed by atoms with Gasteiger partial charge in [0, 0.05) is 6.54 Å². The van der Waals surface area contributed by atoms with Crippen molar-refractivity contribution >= 4 is 17.8 Å². The number of likely N-dealkylation sites (tertiary alicyclic amines) is 1. The van der Waals surface area contributed by atoms with Crippen LogP contribution in [-0.2, 0) is 14.4 Å². The Hall–Kier alpha value is -1.67. The molecule has 1 aliphatic rings. The highest BCUT2D eigenvalue weighted by molar-refractivity contribution is 5.92. The molecule has 5 N–H and O–H groups in total. The van der Waals surface area contributed by atoms with Crippen LogP contribution in [0, 0.1) is 5.92 Å². The van der Waals surface area contributed by atoms with Crippen molar-refractivity contribution in [3.05, 3.63) is 0 Å². The van der Waals surface area contributed by atoms with Gasteiger partial charge >= 0.3 is 5.97 Å². The Balaban J connectivity index is 2.81. The molecule has 0 spiro atoms. The molecule has 1 saturated heterocycles. The number of amides is 2. The summed E-state index contributed by atoms with van der Waals surface area (Å²) < 4.78 is 0. The number of hydrogen-bond donors (Lipinski definition) is 4. The Morgan fingerprint density at radius 3 is 2.43 bits per heavy atom. The summed E-state index contributed by atoms with van der Waals surface area (Å²) in [5, 5.41) is 21.2. The number of carbonyl (C=O) groups is 3. The van der Waals surface area contributed by atoms with Gasteiger partial charge in [-0.3, -0.25) is 9.59 Å². The number of nitrogens with one attached hydrogen (secondary N) is 1. The van der Waals surface area contributed by atoms with Gasteiger partial charge in [0.25, 0.3) is 0 Å². The van der Waals surface area contributed by atoms with Gasteiger partial charge in [-0.25, -0.2) is 4.79 Å². The van der Waals surface area contributed by atoms with Gasteiger partial charge in [-0.05, 0) is 25.7 Å². The number of aliphatic hydroxyl groups excluding tert-OH is 1. The Morgan fingerprint density at radius 2 is 1.96 bits per heavy atom. The van der Waals surface area contributed by atoms with Gasteiger partial charge in [-0.2, -0.15) is 0 Å². The van der Waals surface area contributed by atoms with Crippen molar-refractivity contribution in [3.63, 3.8) is 0 Å². The summed E-state index contributed by atoms with van der Waals surface area (Å²) in [5.74, 6) is -2.29. The van der Waals surface area contributed by atoms with E-state index in [4.69, 9.17) is 5.73 Å². The van der Waals surface area contributed by atoms with Gasteiger partial charge in [0.2, 0.25) is 11.8 Å². The van der Waals surface area contributed by atoms with Gasteiger partial charge in [-0.1, -0.05) is 20.3 Å². The van der Waals surface area contributed by atoms with Gasteiger partial charge in [-0.15, -0.1) is 0 Å². The molecular weight excluding hydrogens is 302 g/mol. The maximum Gasteiger partial charge on any atom is 0.326 e. The summed E-state index contributed by atoms with van der Waals surface area (Å²) in [6, 6.07) is -2.82. The zero-order chi connectivity index (χ0) is 17.7. The Morgan fingerprint density at radius 1 is 1.35 bits per heavy atom. The van der Waals surface area contributed by atoms with Crippen LogP contribution in [0.15, 0.2) is 0 Å². The summed E-state index contributed by atoms with van der Waals surface area (Å²) in [6.07, 6.45) is 0.685. The van der Waals surface area contributed by atoms with E-state index >= 15 is 0 Å². The van der Waals surface area contributed by atoms with Crippen LogP contribution in [0.25, 0.3) is 0 Å². The fraction of sp³-hybridized carbons (Fsp3) is 0.800. The second kappa shape index (κ2) is 8.26. The minimum atomic E-state index is -1.09. The summed E-state index contributed by atoms with van der Waals surface area (Å²) in [6.45, 7) is 5.38. The average Bonchev–Trinajstić information content (AvgIpc) is 2.99. The van der Waals surface area contributed by atoms with Crippen LogP contribution in [0.2, 0.25) is 0 Å². The molecule has 2 amide bonds. The number of nitrogens with two attached hydrogens (primary N) is 1. The molecule has 8 heteroatoms. The first-order valence-electron chi connectivity index (χ1n) is 7.98. The highest BCUT2D eigenvalue weighted by Crippen LogP contribution is 2.20. The number of nitrogens with zero attached hydrogens (tertiary/aromatic N) is 1. The third-order valence-electron chi connectivity index (χ3n) is 4.42. The number of carbonyl (C=O) groups excluding carboxylic acids is 2. The molecule has 0 aromatic rings. The lowest BCUT2D eigenvalue weighted by Crippen LogP contribution is -2.56. The summed E-state index contributed by atoms with van der Waals surface area (Å²) in [7, 11) is 0. The summed E-state index contributed by atoms with van der Waals surface area (Å²) in [5.41, 5.74) is 5.65. The highest BCUT2D eigenvalue weighted by Gasteiger charge is 2.39. The topological polar surface area (TPSA) is 133 Å². The molecule has 23 heavy (non-hydrogen) atoms. The third kappa shape index (κ3) is 4.65. The number of aliphatic hydroxyl groups is 1. The van der Waals surface area contributed by atoms with Crippen molar-refractivity contribution in [1.29, 1.82) is 0 Å². The first kappa shape index (κ1) is 19.4. The first-order valence-corrected chi connectivity index (χ1v) is 7.98. The third-order valence-corrected chi connectivity index (χ3v) is 4.42. The Labute approximate surface area is 136 Å². The number of rotatable bonds is 7. The van der Waals surface area contributed by atoms with Gasteiger partial charge in [0.1, 0.15) is 18.1 Å². The molecule has 1 fully saturated rings. The van der Waals surface area contributed by atoms with Gasteiger partial charge in [0.15, 0.2) is 0 Å². The van der Waals surface area contributed by atoms with Crippen LogP contribution in [0.3, 0.4) is 0 Å². The molecule has 1 rings (SSSR count). The molecule has 0 saturated carbocycles. The van der Waals surface area contributed by atoms with Crippen molar-refractivity contribution in [2.45, 2.75) is 64.3 Å². The van der Waals surface area contributed by atoms with Crippen molar-refractivity contribution < 1.29 is 24.6 Å². The molecule has 0 aromatic carbocycles. The fourth-order valence-corrected chi connectivity index (χ4v) is 2.63. The number of hydrogen-bond acceptors (Lipinski definition) is 5. The fourth-order valence-electron chi connectivity index (χ4n) is 2.63. The largest absolute Gasteiger partial charge is 0.480 e. The van der Waals surface area contributed by atoms with Crippen LogP contribution < -0.4 is 11.1 Å². The molecule has 0 radical (unpaired) electrons. The highest BCUT2D eigenvalue weighted by atomic mass is 16.4. The maximum absolute atomic E-state index is 12.4. The number of carboxylic acid groups (broad SMARTS) is 1. The van der Waals surface area contributed by atoms with Crippen molar-refractivity contribution in [3.8, 4) is 0 Å². The normalized spacial score (nSPS) is 23.0. The van der Waals surface area contributed by atoms with E-state index in [0.29, 0.717) is 25.8 Å². The van der Waals surface area contributed by atoms with E-state index in [1.165, 1.54) is 11.8 Å². The van der Waals surface area contributed by atoms with Gasteiger partial charge < -0.3 is 26.2 Å². The van der Waals surface area contributed by atoms with Crippen molar-refractivity contribution in [1.82, 2.24) is 10.2 Å². The van der Waals surface area contributed by atoms with E-state index in [2.05, 4.69) is 5.32 Å². The zero-order valence-electron chi connectivity index (χ0n) is 13.9. The van der Waals surface area contributed by atoms with Crippen molar-refractivity contribution in [2.75, 3.05) is 6.54 Å². The second-order valence-electron chi connectivity index (χ2n) is 6.17. The maximum atomic E-state index is 12.4. The minimum absolute atomic E-state index is 0.221. The van der Waals surface area contributed by atoms with Crippen LogP contribution in [0.1, 0.15) is 40.0 Å². The zero-order valence-corrected chi connectivity index (χ0v) is 13.9. The molecule has 0 aliphatic carbocycles. The molecule has 0 bridgehead atoms. The quantitative estimate of drug-likeness (QED) is 0.488.